The Morgan fingerprint density at radius 3 is 2.72 bits per heavy atom. The molecule has 130 valence electrons. The van der Waals surface area contributed by atoms with Crippen molar-refractivity contribution in [1.82, 2.24) is 9.88 Å². The van der Waals surface area contributed by atoms with E-state index in [9.17, 15) is 9.18 Å². The maximum Gasteiger partial charge on any atom is 0.322 e. The van der Waals surface area contributed by atoms with Crippen molar-refractivity contribution < 1.29 is 9.18 Å². The summed E-state index contributed by atoms with van der Waals surface area (Å²) in [5.41, 5.74) is 9.24. The largest absolute Gasteiger partial charge is 0.328 e. The minimum Gasteiger partial charge on any atom is -0.328 e. The molecule has 2 aromatic rings. The van der Waals surface area contributed by atoms with Gasteiger partial charge in [0.05, 0.1) is 6.20 Å². The van der Waals surface area contributed by atoms with E-state index in [1.165, 1.54) is 12.3 Å². The van der Waals surface area contributed by atoms with Gasteiger partial charge in [0, 0.05) is 35.6 Å². The van der Waals surface area contributed by atoms with Crippen LogP contribution in [0.4, 0.5) is 14.9 Å². The van der Waals surface area contributed by atoms with Crippen molar-refractivity contribution in [2.45, 2.75) is 44.3 Å². The van der Waals surface area contributed by atoms with Gasteiger partial charge in [0.2, 0.25) is 0 Å². The van der Waals surface area contributed by atoms with Crippen molar-refractivity contribution in [3.05, 3.63) is 48.0 Å². The molecule has 2 bridgehead atoms. The predicted molar refractivity (Wildman–Crippen MR) is 94.6 cm³/mol. The lowest BCUT2D eigenvalue weighted by molar-refractivity contribution is 0.00828. The summed E-state index contributed by atoms with van der Waals surface area (Å²) >= 11 is 0. The molecule has 3 atom stereocenters. The third-order valence-electron chi connectivity index (χ3n) is 5.22. The smallest absolute Gasteiger partial charge is 0.322 e. The third-order valence-corrected chi connectivity index (χ3v) is 5.22. The summed E-state index contributed by atoms with van der Waals surface area (Å²) in [5.74, 6) is -0.379. The fourth-order valence-corrected chi connectivity index (χ4v) is 4.01. The molecule has 2 saturated heterocycles. The first kappa shape index (κ1) is 16.0. The van der Waals surface area contributed by atoms with Crippen LogP contribution in [-0.2, 0) is 0 Å². The molecular weight excluding hydrogens is 319 g/mol. The van der Waals surface area contributed by atoms with Crippen molar-refractivity contribution >= 4 is 11.7 Å². The number of carbonyl (C=O) groups is 1. The number of benzene rings is 1. The van der Waals surface area contributed by atoms with Gasteiger partial charge in [0.1, 0.15) is 5.82 Å². The lowest BCUT2D eigenvalue weighted by Gasteiger charge is -2.54. The average molecular weight is 340 g/mol. The van der Waals surface area contributed by atoms with Gasteiger partial charge in [-0.25, -0.2) is 9.18 Å². The molecule has 2 unspecified atom stereocenters. The van der Waals surface area contributed by atoms with E-state index in [-0.39, 0.29) is 30.0 Å². The second kappa shape index (κ2) is 6.11. The van der Waals surface area contributed by atoms with Crippen LogP contribution in [0.3, 0.4) is 0 Å². The third kappa shape index (κ3) is 2.98. The minimum atomic E-state index is -0.379. The number of urea groups is 1. The fraction of sp³-hybridized carbons (Fsp3) is 0.368. The number of amides is 2. The molecule has 2 aliphatic rings. The Labute approximate surface area is 146 Å². The van der Waals surface area contributed by atoms with Crippen LogP contribution in [0.5, 0.6) is 0 Å². The van der Waals surface area contributed by atoms with Gasteiger partial charge in [-0.3, -0.25) is 4.98 Å². The van der Waals surface area contributed by atoms with Crippen molar-refractivity contribution in [1.29, 1.82) is 0 Å². The first-order chi connectivity index (χ1) is 12.0. The Bertz CT molecular complexity index is 813. The number of aromatic nitrogens is 1. The van der Waals surface area contributed by atoms with E-state index in [0.29, 0.717) is 11.3 Å². The van der Waals surface area contributed by atoms with E-state index >= 15 is 0 Å². The van der Waals surface area contributed by atoms with Crippen LogP contribution in [-0.4, -0.2) is 34.0 Å². The SMILES string of the molecule is Cc1ccc(NC(=O)N2C3CC(N)C[C@H]2C3)cc1-c1cncc(F)c1. The van der Waals surface area contributed by atoms with Gasteiger partial charge in [-0.05, 0) is 55.5 Å². The van der Waals surface area contributed by atoms with E-state index < -0.39 is 0 Å². The van der Waals surface area contributed by atoms with Crippen molar-refractivity contribution in [2.24, 2.45) is 5.73 Å². The zero-order valence-electron chi connectivity index (χ0n) is 14.1. The number of rotatable bonds is 2. The van der Waals surface area contributed by atoms with Crippen LogP contribution in [0.2, 0.25) is 0 Å². The summed E-state index contributed by atoms with van der Waals surface area (Å²) in [6.45, 7) is 1.95. The van der Waals surface area contributed by atoms with Crippen LogP contribution < -0.4 is 11.1 Å². The first-order valence-corrected chi connectivity index (χ1v) is 8.58. The molecule has 4 rings (SSSR count). The highest BCUT2D eigenvalue weighted by atomic mass is 19.1. The first-order valence-electron chi connectivity index (χ1n) is 8.58. The molecule has 2 aliphatic heterocycles. The highest BCUT2D eigenvalue weighted by molar-refractivity contribution is 5.91. The number of carbonyl (C=O) groups excluding carboxylic acids is 1. The Morgan fingerprint density at radius 1 is 1.24 bits per heavy atom. The number of halogens is 1. The Hall–Kier alpha value is -2.47. The number of hydrogen-bond donors (Lipinski definition) is 2. The van der Waals surface area contributed by atoms with Gasteiger partial charge in [-0.15, -0.1) is 0 Å². The predicted octanol–water partition coefficient (Wildman–Crippen LogP) is 3.29. The monoisotopic (exact) mass is 340 g/mol. The molecule has 0 radical (unpaired) electrons. The number of nitrogens with one attached hydrogen (secondary N) is 1. The standard InChI is InChI=1S/C19H21FN4O/c1-11-2-3-15(7-18(11)12-4-13(20)10-22-9-12)23-19(25)24-16-5-14(21)6-17(24)8-16/h2-4,7,9-10,14,16-17H,5-6,8,21H2,1H3,(H,23,25)/t14?,16-,17?/m0/s1. The maximum atomic E-state index is 13.5. The summed E-state index contributed by atoms with van der Waals surface area (Å²) in [7, 11) is 0. The molecule has 2 fully saturated rings. The summed E-state index contributed by atoms with van der Waals surface area (Å²) in [6, 6.07) is 7.73. The summed E-state index contributed by atoms with van der Waals surface area (Å²) in [5, 5.41) is 2.97. The summed E-state index contributed by atoms with van der Waals surface area (Å²) in [4.78, 5) is 18.4. The second-order valence-corrected chi connectivity index (χ2v) is 7.03. The molecule has 0 aliphatic carbocycles. The number of anilines is 1. The molecule has 0 spiro atoms. The summed E-state index contributed by atoms with van der Waals surface area (Å²) < 4.78 is 13.5. The number of fused-ring (bicyclic) bond motifs is 2. The molecule has 2 amide bonds. The van der Waals surface area contributed by atoms with Gasteiger partial charge in [-0.2, -0.15) is 0 Å². The molecule has 6 heteroatoms. The molecule has 5 nitrogen and oxygen atoms in total. The van der Waals surface area contributed by atoms with Crippen molar-refractivity contribution in [2.75, 3.05) is 5.32 Å². The van der Waals surface area contributed by atoms with Gasteiger partial charge in [-0.1, -0.05) is 6.07 Å². The van der Waals surface area contributed by atoms with E-state index in [1.54, 1.807) is 6.20 Å². The van der Waals surface area contributed by atoms with Gasteiger partial charge < -0.3 is 16.0 Å². The van der Waals surface area contributed by atoms with E-state index in [2.05, 4.69) is 10.3 Å². The summed E-state index contributed by atoms with van der Waals surface area (Å²) in [6.07, 6.45) is 5.60. The highest BCUT2D eigenvalue weighted by Gasteiger charge is 2.46. The topological polar surface area (TPSA) is 71.2 Å². The number of hydrogen-bond acceptors (Lipinski definition) is 3. The second-order valence-electron chi connectivity index (χ2n) is 7.03. The number of piperidine rings is 1. The molecule has 25 heavy (non-hydrogen) atoms. The molecule has 3 N–H and O–H groups in total. The maximum absolute atomic E-state index is 13.5. The van der Waals surface area contributed by atoms with Crippen LogP contribution in [0.1, 0.15) is 24.8 Å². The lowest BCUT2D eigenvalue weighted by Crippen LogP contribution is -2.66. The molecule has 0 saturated carbocycles. The molecule has 3 heterocycles. The van der Waals surface area contributed by atoms with Gasteiger partial charge in [0.25, 0.3) is 0 Å². The Kier molecular flexibility index (Phi) is 3.92. The number of nitrogens with two attached hydrogens (primary N) is 1. The van der Waals surface area contributed by atoms with Crippen LogP contribution in [0.25, 0.3) is 11.1 Å². The van der Waals surface area contributed by atoms with Crippen molar-refractivity contribution in [3.63, 3.8) is 0 Å². The van der Waals surface area contributed by atoms with E-state index in [0.717, 1.165) is 30.4 Å². The van der Waals surface area contributed by atoms with E-state index in [4.69, 9.17) is 5.73 Å². The van der Waals surface area contributed by atoms with Crippen LogP contribution in [0, 0.1) is 12.7 Å². The fourth-order valence-electron chi connectivity index (χ4n) is 4.01. The number of pyridine rings is 1. The quantitative estimate of drug-likeness (QED) is 0.881. The molecular formula is C19H21FN4O. The number of aryl methyl sites for hydroxylation is 1. The van der Waals surface area contributed by atoms with Crippen molar-refractivity contribution in [3.8, 4) is 11.1 Å². The Balaban J connectivity index is 1.54. The van der Waals surface area contributed by atoms with Gasteiger partial charge in [0.15, 0.2) is 0 Å². The van der Waals surface area contributed by atoms with Crippen LogP contribution in [0.15, 0.2) is 36.7 Å². The average Bonchev–Trinajstić information content (AvgIpc) is 2.56. The van der Waals surface area contributed by atoms with Gasteiger partial charge >= 0.3 is 6.03 Å². The highest BCUT2D eigenvalue weighted by Crippen LogP contribution is 2.38. The zero-order chi connectivity index (χ0) is 17.6. The Morgan fingerprint density at radius 2 is 2.00 bits per heavy atom. The molecule has 1 aromatic carbocycles. The minimum absolute atomic E-state index is 0.0830. The lowest BCUT2D eigenvalue weighted by atomic mass is 9.77. The zero-order valence-corrected chi connectivity index (χ0v) is 14.1. The molecule has 1 aromatic heterocycles. The van der Waals surface area contributed by atoms with Crippen LogP contribution >= 0.6 is 0 Å². The van der Waals surface area contributed by atoms with E-state index in [1.807, 2.05) is 30.0 Å². The normalized spacial score (nSPS) is 24.6. The number of nitrogens with zero attached hydrogens (tertiary/aromatic N) is 2.